The van der Waals surface area contributed by atoms with Gasteiger partial charge in [-0.1, -0.05) is 103 Å². The lowest BCUT2D eigenvalue weighted by atomic mass is 10.3. The number of thiocarbonyl (C=S) groups is 1. The number of carbonyl (C=O) groups excluding carboxylic acids is 2. The van der Waals surface area contributed by atoms with Gasteiger partial charge in [0.05, 0.1) is 7.11 Å². The predicted octanol–water partition coefficient (Wildman–Crippen LogP) is 2.79. The van der Waals surface area contributed by atoms with Crippen molar-refractivity contribution in [3.8, 4) is 0 Å². The highest BCUT2D eigenvalue weighted by Gasteiger charge is 2.36. The van der Waals surface area contributed by atoms with Gasteiger partial charge in [-0.3, -0.25) is 4.79 Å². The molecular weight excluding hydrogens is 413 g/mol. The minimum Gasteiger partial charge on any atom is -0.465 e. The summed E-state index contributed by atoms with van der Waals surface area (Å²) in [6.45, 7) is -1.39. The van der Waals surface area contributed by atoms with E-state index in [0.29, 0.717) is 5.29 Å². The van der Waals surface area contributed by atoms with E-state index in [1.165, 1.54) is 14.0 Å². The van der Waals surface area contributed by atoms with Gasteiger partial charge in [0, 0.05) is 6.92 Å². The van der Waals surface area contributed by atoms with Crippen molar-refractivity contribution >= 4 is 57.2 Å². The van der Waals surface area contributed by atoms with E-state index in [1.54, 1.807) is 0 Å². The van der Waals surface area contributed by atoms with Gasteiger partial charge >= 0.3 is 5.97 Å². The monoisotopic (exact) mass is 435 g/mol. The van der Waals surface area contributed by atoms with Crippen LogP contribution >= 0.6 is 19.1 Å². The Hall–Kier alpha value is -3.01. The fourth-order valence-electron chi connectivity index (χ4n) is 3.49. The van der Waals surface area contributed by atoms with Crippen molar-refractivity contribution in [3.63, 3.8) is 0 Å². The molecule has 0 atom stereocenters. The number of rotatable bonds is 5. The number of benzene rings is 3. The Bertz CT molecular complexity index is 1010. The maximum absolute atomic E-state index is 13.2. The molecule has 0 aliphatic heterocycles. The normalized spacial score (nSPS) is 10.7. The fourth-order valence-corrected chi connectivity index (χ4v) is 8.38. The summed E-state index contributed by atoms with van der Waals surface area (Å²) in [5.74, 6) is -0.896. The fraction of sp³-hybridized carbons (Fsp3) is 0.0833. The van der Waals surface area contributed by atoms with E-state index in [9.17, 15) is 9.59 Å². The van der Waals surface area contributed by atoms with Crippen LogP contribution in [0.5, 0.6) is 0 Å². The van der Waals surface area contributed by atoms with E-state index in [-0.39, 0.29) is 10.9 Å². The first kappa shape index (κ1) is 21.7. The second-order valence-corrected chi connectivity index (χ2v) is 10.3. The number of carbonyl (C=O) groups is 2. The second kappa shape index (κ2) is 9.66. The number of hydrogen-bond acceptors (Lipinski definition) is 4. The SMILES string of the molecule is COC(=O)C(C(=S)NC(C)=O)=P(c1ccccc1)(c1ccccc1)c1ccccc1. The van der Waals surface area contributed by atoms with Crippen LogP contribution in [0.1, 0.15) is 6.92 Å². The highest BCUT2D eigenvalue weighted by molar-refractivity contribution is 8.00. The van der Waals surface area contributed by atoms with Crippen LogP contribution in [0.15, 0.2) is 91.0 Å². The second-order valence-electron chi connectivity index (χ2n) is 6.53. The molecule has 3 aromatic carbocycles. The van der Waals surface area contributed by atoms with Crippen molar-refractivity contribution in [2.24, 2.45) is 0 Å². The molecule has 6 heteroatoms. The molecule has 30 heavy (non-hydrogen) atoms. The average Bonchev–Trinajstić information content (AvgIpc) is 2.78. The number of ether oxygens (including phenoxy) is 1. The Labute approximate surface area is 181 Å². The predicted molar refractivity (Wildman–Crippen MR) is 129 cm³/mol. The molecule has 0 fully saturated rings. The van der Waals surface area contributed by atoms with E-state index in [0.717, 1.165) is 15.9 Å². The molecule has 1 amide bonds. The molecule has 0 saturated heterocycles. The van der Waals surface area contributed by atoms with Gasteiger partial charge in [-0.05, 0) is 22.8 Å². The molecule has 0 saturated carbocycles. The maximum Gasteiger partial charge on any atom is 0.341 e. The molecule has 152 valence electrons. The number of methoxy groups -OCH3 is 1. The van der Waals surface area contributed by atoms with Crippen LogP contribution in [-0.4, -0.2) is 29.3 Å². The van der Waals surface area contributed by atoms with Gasteiger partial charge in [0.25, 0.3) is 0 Å². The lowest BCUT2D eigenvalue weighted by Gasteiger charge is -2.32. The minimum atomic E-state index is -2.76. The van der Waals surface area contributed by atoms with Gasteiger partial charge in [-0.2, -0.15) is 0 Å². The molecule has 0 radical (unpaired) electrons. The summed E-state index contributed by atoms with van der Waals surface area (Å²) in [5, 5.41) is 5.77. The van der Waals surface area contributed by atoms with Crippen molar-refractivity contribution < 1.29 is 14.3 Å². The van der Waals surface area contributed by atoms with Gasteiger partial charge in [-0.15, -0.1) is 0 Å². The number of nitrogens with one attached hydrogen (secondary N) is 1. The average molecular weight is 435 g/mol. The summed E-state index contributed by atoms with van der Waals surface area (Å²) in [6, 6.07) is 29.4. The molecule has 0 heterocycles. The molecule has 0 aliphatic rings. The summed E-state index contributed by atoms with van der Waals surface area (Å²) in [5.41, 5.74) is 0. The quantitative estimate of drug-likeness (QED) is 0.381. The zero-order valence-corrected chi connectivity index (χ0v) is 18.5. The molecule has 0 bridgehead atoms. The zero-order chi connectivity index (χ0) is 21.6. The first-order valence-electron chi connectivity index (χ1n) is 9.35. The molecule has 0 unspecified atom stereocenters. The van der Waals surface area contributed by atoms with Crippen LogP contribution in [0.2, 0.25) is 0 Å². The van der Waals surface area contributed by atoms with Crippen LogP contribution in [0.25, 0.3) is 0 Å². The summed E-state index contributed by atoms with van der Waals surface area (Å²) >= 11 is 5.60. The maximum atomic E-state index is 13.2. The van der Waals surface area contributed by atoms with Crippen molar-refractivity contribution in [3.05, 3.63) is 91.0 Å². The van der Waals surface area contributed by atoms with Gasteiger partial charge in [0.1, 0.15) is 10.3 Å². The Kier molecular flexibility index (Phi) is 6.99. The lowest BCUT2D eigenvalue weighted by molar-refractivity contribution is -0.132. The van der Waals surface area contributed by atoms with Gasteiger partial charge in [0.15, 0.2) is 0 Å². The first-order valence-corrected chi connectivity index (χ1v) is 11.5. The van der Waals surface area contributed by atoms with E-state index >= 15 is 0 Å². The summed E-state index contributed by atoms with van der Waals surface area (Å²) < 4.78 is 5.20. The highest BCUT2D eigenvalue weighted by Crippen LogP contribution is 2.46. The largest absolute Gasteiger partial charge is 0.465 e. The number of hydrogen-bond donors (Lipinski definition) is 1. The van der Waals surface area contributed by atoms with E-state index < -0.39 is 12.9 Å². The van der Waals surface area contributed by atoms with Crippen molar-refractivity contribution in [1.82, 2.24) is 5.32 Å². The summed E-state index contributed by atoms with van der Waals surface area (Å²) in [4.78, 5) is 25.2. The molecular formula is C24H22NO3PS. The van der Waals surface area contributed by atoms with Crippen molar-refractivity contribution in [1.29, 1.82) is 0 Å². The molecule has 0 aromatic heterocycles. The lowest BCUT2D eigenvalue weighted by Crippen LogP contribution is -2.43. The van der Waals surface area contributed by atoms with E-state index in [1.807, 2.05) is 91.0 Å². The van der Waals surface area contributed by atoms with E-state index in [2.05, 4.69) is 5.32 Å². The van der Waals surface area contributed by atoms with Crippen LogP contribution < -0.4 is 21.2 Å². The molecule has 1 N–H and O–H groups in total. The van der Waals surface area contributed by atoms with Crippen LogP contribution in [0.4, 0.5) is 0 Å². The first-order chi connectivity index (χ1) is 14.5. The standard InChI is InChI=1S/C24H22NO3PS/c1-18(26)25-23(30)22(24(27)28-2)29(19-12-6-3-7-13-19,20-14-8-4-9-15-20)21-16-10-5-11-17-21/h3-17H,1-2H3,(H,25,26,30). The topological polar surface area (TPSA) is 55.4 Å². The van der Waals surface area contributed by atoms with Crippen LogP contribution in [-0.2, 0) is 14.3 Å². The zero-order valence-electron chi connectivity index (χ0n) is 16.7. The van der Waals surface area contributed by atoms with Gasteiger partial charge in [0.2, 0.25) is 5.91 Å². The minimum absolute atomic E-state index is 0.0826. The van der Waals surface area contributed by atoms with Crippen LogP contribution in [0, 0.1) is 0 Å². The van der Waals surface area contributed by atoms with Crippen molar-refractivity contribution in [2.45, 2.75) is 6.92 Å². The molecule has 3 rings (SSSR count). The van der Waals surface area contributed by atoms with Crippen LogP contribution in [0.3, 0.4) is 0 Å². The highest BCUT2D eigenvalue weighted by atomic mass is 32.1. The van der Waals surface area contributed by atoms with Gasteiger partial charge < -0.3 is 10.1 Å². The Balaban J connectivity index is 2.62. The third kappa shape index (κ3) is 4.13. The van der Waals surface area contributed by atoms with Gasteiger partial charge in [-0.25, -0.2) is 4.79 Å². The molecule has 3 aromatic rings. The Morgan fingerprint density at radius 1 is 0.767 bits per heavy atom. The Morgan fingerprint density at radius 2 is 1.13 bits per heavy atom. The third-order valence-corrected chi connectivity index (χ3v) is 9.40. The smallest absolute Gasteiger partial charge is 0.341 e. The summed E-state index contributed by atoms with van der Waals surface area (Å²) in [6.07, 6.45) is 0. The molecule has 4 nitrogen and oxygen atoms in total. The number of esters is 1. The third-order valence-electron chi connectivity index (χ3n) is 4.65. The summed E-state index contributed by atoms with van der Waals surface area (Å²) in [7, 11) is 1.33. The number of amides is 1. The molecule has 0 aliphatic carbocycles. The van der Waals surface area contributed by atoms with Crippen molar-refractivity contribution in [2.75, 3.05) is 7.11 Å². The molecule has 0 spiro atoms. The van der Waals surface area contributed by atoms with E-state index in [4.69, 9.17) is 17.0 Å². The Morgan fingerprint density at radius 3 is 1.43 bits per heavy atom.